The monoisotopic (exact) mass is 347 g/mol. The molecular formula is C17H21N3O3S. The maximum atomic E-state index is 12.3. The Morgan fingerprint density at radius 2 is 1.88 bits per heavy atom. The lowest BCUT2D eigenvalue weighted by molar-refractivity contribution is -0.140. The molecular weight excluding hydrogens is 326 g/mol. The minimum atomic E-state index is 0.0667. The van der Waals surface area contributed by atoms with Gasteiger partial charge >= 0.3 is 0 Å². The Morgan fingerprint density at radius 3 is 2.54 bits per heavy atom. The smallest absolute Gasteiger partial charge is 0.277 e. The first-order valence-corrected chi connectivity index (χ1v) is 8.96. The number of hydrogen-bond acceptors (Lipinski definition) is 6. The molecule has 0 saturated carbocycles. The Hall–Kier alpha value is -1.86. The number of carbonyl (C=O) groups is 1. The fourth-order valence-electron chi connectivity index (χ4n) is 2.68. The molecule has 0 bridgehead atoms. The van der Waals surface area contributed by atoms with E-state index in [1.165, 1.54) is 17.3 Å². The summed E-state index contributed by atoms with van der Waals surface area (Å²) >= 11 is 1.27. The van der Waals surface area contributed by atoms with E-state index in [4.69, 9.17) is 9.15 Å². The minimum absolute atomic E-state index is 0.0667. The normalized spacial score (nSPS) is 21.0. The topological polar surface area (TPSA) is 68.5 Å². The number of rotatable bonds is 4. The van der Waals surface area contributed by atoms with Crippen molar-refractivity contribution < 1.29 is 13.9 Å². The van der Waals surface area contributed by atoms with Gasteiger partial charge in [-0.2, -0.15) is 0 Å². The number of aromatic nitrogens is 2. The second-order valence-corrected chi connectivity index (χ2v) is 7.01. The van der Waals surface area contributed by atoms with E-state index in [-0.39, 0.29) is 23.9 Å². The molecule has 2 heterocycles. The van der Waals surface area contributed by atoms with Crippen LogP contribution < -0.4 is 0 Å². The van der Waals surface area contributed by atoms with E-state index in [2.05, 4.69) is 10.2 Å². The molecule has 6 nitrogen and oxygen atoms in total. The van der Waals surface area contributed by atoms with Crippen molar-refractivity contribution in [3.8, 4) is 11.5 Å². The highest BCUT2D eigenvalue weighted by Crippen LogP contribution is 2.24. The highest BCUT2D eigenvalue weighted by Gasteiger charge is 2.26. The average molecular weight is 347 g/mol. The van der Waals surface area contributed by atoms with Gasteiger partial charge in [-0.15, -0.1) is 10.2 Å². The quantitative estimate of drug-likeness (QED) is 0.792. The summed E-state index contributed by atoms with van der Waals surface area (Å²) in [6.07, 6.45) is 0.137. The van der Waals surface area contributed by atoms with Crippen molar-refractivity contribution in [2.24, 2.45) is 0 Å². The number of benzene rings is 1. The van der Waals surface area contributed by atoms with Crippen LogP contribution in [-0.4, -0.2) is 52.1 Å². The van der Waals surface area contributed by atoms with E-state index in [9.17, 15) is 4.79 Å². The van der Waals surface area contributed by atoms with Crippen LogP contribution in [0.1, 0.15) is 19.4 Å². The van der Waals surface area contributed by atoms with Gasteiger partial charge in [-0.05, 0) is 32.9 Å². The third-order valence-corrected chi connectivity index (χ3v) is 4.60. The van der Waals surface area contributed by atoms with Crippen molar-refractivity contribution >= 4 is 17.7 Å². The van der Waals surface area contributed by atoms with Crippen LogP contribution in [0.15, 0.2) is 33.9 Å². The zero-order valence-electron chi connectivity index (χ0n) is 14.1. The second-order valence-electron chi connectivity index (χ2n) is 6.08. The lowest BCUT2D eigenvalue weighted by Crippen LogP contribution is -2.48. The van der Waals surface area contributed by atoms with Crippen molar-refractivity contribution in [1.29, 1.82) is 0 Å². The van der Waals surface area contributed by atoms with Gasteiger partial charge in [0.2, 0.25) is 11.8 Å². The molecule has 2 atom stereocenters. The number of aryl methyl sites for hydroxylation is 1. The summed E-state index contributed by atoms with van der Waals surface area (Å²) in [6.45, 7) is 7.24. The van der Waals surface area contributed by atoms with Gasteiger partial charge in [-0.25, -0.2) is 0 Å². The summed E-state index contributed by atoms with van der Waals surface area (Å²) in [5, 5.41) is 8.47. The van der Waals surface area contributed by atoms with Crippen LogP contribution in [0.3, 0.4) is 0 Å². The molecule has 24 heavy (non-hydrogen) atoms. The van der Waals surface area contributed by atoms with Gasteiger partial charge < -0.3 is 14.1 Å². The van der Waals surface area contributed by atoms with Crippen LogP contribution in [0.5, 0.6) is 0 Å². The number of carbonyl (C=O) groups excluding carboxylic acids is 1. The largest absolute Gasteiger partial charge is 0.411 e. The zero-order chi connectivity index (χ0) is 17.1. The van der Waals surface area contributed by atoms with Crippen LogP contribution in [0, 0.1) is 6.92 Å². The maximum Gasteiger partial charge on any atom is 0.277 e. The molecule has 0 spiro atoms. The Bertz CT molecular complexity index is 691. The number of amides is 1. The summed E-state index contributed by atoms with van der Waals surface area (Å²) in [4.78, 5) is 14.2. The van der Waals surface area contributed by atoms with E-state index < -0.39 is 0 Å². The van der Waals surface area contributed by atoms with Crippen molar-refractivity contribution in [2.75, 3.05) is 18.8 Å². The molecule has 1 aromatic heterocycles. The van der Waals surface area contributed by atoms with Gasteiger partial charge in [-0.3, -0.25) is 4.79 Å². The van der Waals surface area contributed by atoms with E-state index >= 15 is 0 Å². The number of ether oxygens (including phenoxy) is 1. The van der Waals surface area contributed by atoms with Gasteiger partial charge in [0.25, 0.3) is 5.22 Å². The zero-order valence-corrected chi connectivity index (χ0v) is 14.9. The molecule has 1 saturated heterocycles. The number of nitrogens with zero attached hydrogens (tertiary/aromatic N) is 3. The lowest BCUT2D eigenvalue weighted by Gasteiger charge is -2.35. The standard InChI is InChI=1S/C17H21N3O3S/c1-11-4-6-14(7-5-11)16-18-19-17(23-16)24-10-15(21)20-8-12(2)22-13(3)9-20/h4-7,12-13H,8-10H2,1-3H3/t12-,13+. The van der Waals surface area contributed by atoms with Crippen LogP contribution in [0.4, 0.5) is 0 Å². The average Bonchev–Trinajstić information content (AvgIpc) is 3.01. The summed E-state index contributed by atoms with van der Waals surface area (Å²) in [5.41, 5.74) is 2.05. The molecule has 1 aromatic carbocycles. The predicted molar refractivity (Wildman–Crippen MR) is 91.8 cm³/mol. The molecule has 1 fully saturated rings. The van der Waals surface area contributed by atoms with E-state index in [0.29, 0.717) is 24.2 Å². The molecule has 0 radical (unpaired) electrons. The first kappa shape index (κ1) is 17.0. The summed E-state index contributed by atoms with van der Waals surface area (Å²) in [5.74, 6) is 0.824. The molecule has 1 amide bonds. The van der Waals surface area contributed by atoms with Crippen molar-refractivity contribution in [3.63, 3.8) is 0 Å². The van der Waals surface area contributed by atoms with Crippen LogP contribution >= 0.6 is 11.8 Å². The SMILES string of the molecule is Cc1ccc(-c2nnc(SCC(=O)N3C[C@@H](C)O[C@@H](C)C3)o2)cc1. The second kappa shape index (κ2) is 7.36. The minimum Gasteiger partial charge on any atom is -0.411 e. The van der Waals surface area contributed by atoms with E-state index in [1.54, 1.807) is 0 Å². The molecule has 7 heteroatoms. The molecule has 128 valence electrons. The molecule has 1 aliphatic heterocycles. The fraction of sp³-hybridized carbons (Fsp3) is 0.471. The van der Waals surface area contributed by atoms with Gasteiger partial charge in [0.1, 0.15) is 0 Å². The Morgan fingerprint density at radius 1 is 1.21 bits per heavy atom. The molecule has 0 aliphatic carbocycles. The third-order valence-electron chi connectivity index (χ3n) is 3.80. The summed E-state index contributed by atoms with van der Waals surface area (Å²) in [6, 6.07) is 7.88. The first-order valence-electron chi connectivity index (χ1n) is 7.98. The van der Waals surface area contributed by atoms with Gasteiger partial charge in [0.15, 0.2) is 0 Å². The third kappa shape index (κ3) is 4.15. The fourth-order valence-corrected chi connectivity index (χ4v) is 3.34. The van der Waals surface area contributed by atoms with Crippen molar-refractivity contribution in [1.82, 2.24) is 15.1 Å². The molecule has 0 unspecified atom stereocenters. The number of thioether (sulfide) groups is 1. The Labute approximate surface area is 145 Å². The Balaban J connectivity index is 1.57. The lowest BCUT2D eigenvalue weighted by atomic mass is 10.1. The van der Waals surface area contributed by atoms with Crippen LogP contribution in [-0.2, 0) is 9.53 Å². The van der Waals surface area contributed by atoms with Crippen molar-refractivity contribution in [2.45, 2.75) is 38.2 Å². The highest BCUT2D eigenvalue weighted by molar-refractivity contribution is 7.99. The Kier molecular flexibility index (Phi) is 5.20. The molecule has 2 aromatic rings. The molecule has 3 rings (SSSR count). The predicted octanol–water partition coefficient (Wildman–Crippen LogP) is 2.77. The number of hydrogen-bond donors (Lipinski definition) is 0. The number of morpholine rings is 1. The van der Waals surface area contributed by atoms with E-state index in [0.717, 1.165) is 5.56 Å². The summed E-state index contributed by atoms with van der Waals surface area (Å²) < 4.78 is 11.3. The maximum absolute atomic E-state index is 12.3. The van der Waals surface area contributed by atoms with Crippen LogP contribution in [0.2, 0.25) is 0 Å². The van der Waals surface area contributed by atoms with Gasteiger partial charge in [0.05, 0.1) is 18.0 Å². The van der Waals surface area contributed by atoms with Gasteiger partial charge in [0, 0.05) is 18.7 Å². The van der Waals surface area contributed by atoms with Gasteiger partial charge in [-0.1, -0.05) is 29.5 Å². The molecule has 0 N–H and O–H groups in total. The van der Waals surface area contributed by atoms with Crippen molar-refractivity contribution in [3.05, 3.63) is 29.8 Å². The van der Waals surface area contributed by atoms with Crippen LogP contribution in [0.25, 0.3) is 11.5 Å². The van der Waals surface area contributed by atoms with E-state index in [1.807, 2.05) is 49.9 Å². The first-order chi connectivity index (χ1) is 11.5. The summed E-state index contributed by atoms with van der Waals surface area (Å²) in [7, 11) is 0. The highest BCUT2D eigenvalue weighted by atomic mass is 32.2. The molecule has 1 aliphatic rings.